The van der Waals surface area contributed by atoms with E-state index in [2.05, 4.69) is 5.32 Å². The highest BCUT2D eigenvalue weighted by atomic mass is 16.5. The number of fused-ring (bicyclic) bond motifs is 1. The second-order valence-corrected chi connectivity index (χ2v) is 4.96. The molecule has 0 bridgehead atoms. The molecule has 2 atom stereocenters. The van der Waals surface area contributed by atoms with Crippen LogP contribution in [0.2, 0.25) is 0 Å². The largest absolute Gasteiger partial charge is 0.493 e. The minimum absolute atomic E-state index is 0.0885. The fourth-order valence-electron chi connectivity index (χ4n) is 2.80. The van der Waals surface area contributed by atoms with Gasteiger partial charge in [0, 0.05) is 11.6 Å². The highest BCUT2D eigenvalue weighted by Crippen LogP contribution is 2.45. The average Bonchev–Trinajstić information content (AvgIpc) is 2.51. The van der Waals surface area contributed by atoms with E-state index in [1.165, 1.54) is 7.11 Å². The smallest absolute Gasteiger partial charge is 0.325 e. The summed E-state index contributed by atoms with van der Waals surface area (Å²) < 4.78 is 16.1. The van der Waals surface area contributed by atoms with Crippen LogP contribution in [0.3, 0.4) is 0 Å². The molecule has 21 heavy (non-hydrogen) atoms. The number of carbonyl (C=O) groups is 1. The zero-order valence-electron chi connectivity index (χ0n) is 12.7. The summed E-state index contributed by atoms with van der Waals surface area (Å²) in [5.74, 6) is 0.609. The van der Waals surface area contributed by atoms with Gasteiger partial charge in [0.15, 0.2) is 11.5 Å². The van der Waals surface area contributed by atoms with Gasteiger partial charge in [-0.25, -0.2) is 0 Å². The van der Waals surface area contributed by atoms with Gasteiger partial charge in [0.25, 0.3) is 0 Å². The quantitative estimate of drug-likeness (QED) is 0.862. The lowest BCUT2D eigenvalue weighted by molar-refractivity contribution is -0.140. The zero-order valence-corrected chi connectivity index (χ0v) is 12.7. The topological polar surface area (TPSA) is 77.0 Å². The molecule has 2 unspecified atom stereocenters. The summed E-state index contributed by atoms with van der Waals surface area (Å²) in [5, 5.41) is 12.6. The van der Waals surface area contributed by atoms with E-state index >= 15 is 0 Å². The molecule has 1 aliphatic rings. The number of carboxylic acids is 1. The molecule has 0 saturated carbocycles. The Morgan fingerprint density at radius 1 is 1.29 bits per heavy atom. The molecular weight excluding hydrogens is 274 g/mol. The maximum Gasteiger partial charge on any atom is 0.325 e. The molecule has 0 spiro atoms. The lowest BCUT2D eigenvalue weighted by atomic mass is 9.88. The molecule has 116 valence electrons. The molecule has 6 heteroatoms. The Morgan fingerprint density at radius 2 is 1.95 bits per heavy atom. The molecule has 0 radical (unpaired) electrons. The summed E-state index contributed by atoms with van der Waals surface area (Å²) in [6.07, 6.45) is 1.53. The second kappa shape index (κ2) is 6.22. The standard InChI is InChI=1S/C15H21NO5/c1-5-8-6-10-9(12(16-8)15(17)18)7-11(19-2)14(21-4)13(10)20-3/h7-8,12,16H,5-6H2,1-4H3,(H,17,18). The van der Waals surface area contributed by atoms with E-state index in [4.69, 9.17) is 14.2 Å². The van der Waals surface area contributed by atoms with Gasteiger partial charge in [-0.05, 0) is 24.5 Å². The van der Waals surface area contributed by atoms with E-state index in [-0.39, 0.29) is 6.04 Å². The molecular formula is C15H21NO5. The van der Waals surface area contributed by atoms with Crippen molar-refractivity contribution in [3.63, 3.8) is 0 Å². The van der Waals surface area contributed by atoms with E-state index < -0.39 is 12.0 Å². The molecule has 6 nitrogen and oxygen atoms in total. The molecule has 1 heterocycles. The monoisotopic (exact) mass is 295 g/mol. The van der Waals surface area contributed by atoms with Gasteiger partial charge in [-0.3, -0.25) is 10.1 Å². The van der Waals surface area contributed by atoms with Crippen LogP contribution in [0, 0.1) is 0 Å². The third-order valence-corrected chi connectivity index (χ3v) is 3.87. The lowest BCUT2D eigenvalue weighted by Crippen LogP contribution is -2.42. The number of methoxy groups -OCH3 is 3. The highest BCUT2D eigenvalue weighted by molar-refractivity contribution is 5.78. The number of rotatable bonds is 5. The van der Waals surface area contributed by atoms with Gasteiger partial charge < -0.3 is 19.3 Å². The van der Waals surface area contributed by atoms with Crippen molar-refractivity contribution in [3.05, 3.63) is 17.2 Å². The first-order valence-corrected chi connectivity index (χ1v) is 6.87. The fourth-order valence-corrected chi connectivity index (χ4v) is 2.80. The summed E-state index contributed by atoms with van der Waals surface area (Å²) in [5.41, 5.74) is 1.54. The first-order chi connectivity index (χ1) is 10.1. The van der Waals surface area contributed by atoms with E-state index in [9.17, 15) is 9.90 Å². The summed E-state index contributed by atoms with van der Waals surface area (Å²) in [4.78, 5) is 11.6. The van der Waals surface area contributed by atoms with Crippen LogP contribution < -0.4 is 19.5 Å². The molecule has 2 N–H and O–H groups in total. The number of hydrogen-bond donors (Lipinski definition) is 2. The molecule has 0 aliphatic carbocycles. The van der Waals surface area contributed by atoms with Crippen LogP contribution in [0.4, 0.5) is 0 Å². The van der Waals surface area contributed by atoms with Crippen molar-refractivity contribution >= 4 is 5.97 Å². The molecule has 0 fully saturated rings. The third-order valence-electron chi connectivity index (χ3n) is 3.87. The van der Waals surface area contributed by atoms with E-state index in [1.807, 2.05) is 6.92 Å². The van der Waals surface area contributed by atoms with Gasteiger partial charge in [0.1, 0.15) is 6.04 Å². The van der Waals surface area contributed by atoms with Crippen molar-refractivity contribution in [3.8, 4) is 17.2 Å². The SMILES string of the molecule is CCC1Cc2c(cc(OC)c(OC)c2OC)C(C(=O)O)N1. The van der Waals surface area contributed by atoms with Gasteiger partial charge in [0.05, 0.1) is 21.3 Å². The minimum Gasteiger partial charge on any atom is -0.493 e. The first kappa shape index (κ1) is 15.4. The van der Waals surface area contributed by atoms with Gasteiger partial charge in [-0.1, -0.05) is 6.92 Å². The van der Waals surface area contributed by atoms with Crippen LogP contribution in [-0.2, 0) is 11.2 Å². The van der Waals surface area contributed by atoms with Crippen LogP contribution in [0.15, 0.2) is 6.07 Å². The Hall–Kier alpha value is -1.95. The van der Waals surface area contributed by atoms with Gasteiger partial charge in [-0.15, -0.1) is 0 Å². The predicted octanol–water partition coefficient (Wildman–Crippen LogP) is 1.76. The summed E-state index contributed by atoms with van der Waals surface area (Å²) >= 11 is 0. The number of nitrogens with one attached hydrogen (secondary N) is 1. The van der Waals surface area contributed by atoms with Crippen LogP contribution in [0.5, 0.6) is 17.2 Å². The van der Waals surface area contributed by atoms with E-state index in [1.54, 1.807) is 20.3 Å². The van der Waals surface area contributed by atoms with Crippen molar-refractivity contribution in [2.24, 2.45) is 0 Å². The molecule has 1 aromatic carbocycles. The normalized spacial score (nSPS) is 20.6. The van der Waals surface area contributed by atoms with Crippen molar-refractivity contribution in [1.29, 1.82) is 0 Å². The van der Waals surface area contributed by atoms with E-state index in [0.717, 1.165) is 12.0 Å². The van der Waals surface area contributed by atoms with Crippen molar-refractivity contribution < 1.29 is 24.1 Å². The number of benzene rings is 1. The second-order valence-electron chi connectivity index (χ2n) is 4.96. The Balaban J connectivity index is 2.66. The maximum absolute atomic E-state index is 11.6. The summed E-state index contributed by atoms with van der Waals surface area (Å²) in [6, 6.07) is 1.03. The molecule has 1 aromatic rings. The number of ether oxygens (including phenoxy) is 3. The lowest BCUT2D eigenvalue weighted by Gasteiger charge is -2.32. The Labute approximate surface area is 124 Å². The molecule has 0 saturated heterocycles. The average molecular weight is 295 g/mol. The number of aliphatic carboxylic acids is 1. The first-order valence-electron chi connectivity index (χ1n) is 6.87. The third kappa shape index (κ3) is 2.63. The number of hydrogen-bond acceptors (Lipinski definition) is 5. The van der Waals surface area contributed by atoms with Gasteiger partial charge >= 0.3 is 5.97 Å². The minimum atomic E-state index is -0.913. The zero-order chi connectivity index (χ0) is 15.6. The Morgan fingerprint density at radius 3 is 2.43 bits per heavy atom. The van der Waals surface area contributed by atoms with Crippen LogP contribution in [0.25, 0.3) is 0 Å². The van der Waals surface area contributed by atoms with Crippen LogP contribution in [-0.4, -0.2) is 38.4 Å². The van der Waals surface area contributed by atoms with Crippen molar-refractivity contribution in [1.82, 2.24) is 5.32 Å². The molecule has 0 aromatic heterocycles. The molecule has 1 aliphatic heterocycles. The van der Waals surface area contributed by atoms with Crippen molar-refractivity contribution in [2.45, 2.75) is 31.8 Å². The molecule has 0 amide bonds. The fraction of sp³-hybridized carbons (Fsp3) is 0.533. The highest BCUT2D eigenvalue weighted by Gasteiger charge is 2.34. The summed E-state index contributed by atoms with van der Waals surface area (Å²) in [6.45, 7) is 2.02. The number of carboxylic acid groups (broad SMARTS) is 1. The predicted molar refractivity (Wildman–Crippen MR) is 77.4 cm³/mol. The molecule has 2 rings (SSSR count). The van der Waals surface area contributed by atoms with Gasteiger partial charge in [-0.2, -0.15) is 0 Å². The summed E-state index contributed by atoms with van der Waals surface area (Å²) in [7, 11) is 4.61. The van der Waals surface area contributed by atoms with Crippen LogP contribution >= 0.6 is 0 Å². The van der Waals surface area contributed by atoms with Crippen molar-refractivity contribution in [2.75, 3.05) is 21.3 Å². The van der Waals surface area contributed by atoms with Crippen LogP contribution in [0.1, 0.15) is 30.5 Å². The van der Waals surface area contributed by atoms with Gasteiger partial charge in [0.2, 0.25) is 5.75 Å². The Kier molecular flexibility index (Phi) is 4.57. The Bertz CT molecular complexity index is 543. The maximum atomic E-state index is 11.6. The van der Waals surface area contributed by atoms with E-state index in [0.29, 0.717) is 29.2 Å².